The van der Waals surface area contributed by atoms with Crippen LogP contribution in [0.5, 0.6) is 5.75 Å². The highest BCUT2D eigenvalue weighted by Gasteiger charge is 2.07. The molecule has 136 valence electrons. The van der Waals surface area contributed by atoms with Crippen LogP contribution in [0, 0.1) is 5.82 Å². The number of esters is 1. The third-order valence-corrected chi connectivity index (χ3v) is 3.60. The summed E-state index contributed by atoms with van der Waals surface area (Å²) in [5.41, 5.74) is 0.426. The van der Waals surface area contributed by atoms with E-state index in [9.17, 15) is 17.6 Å². The van der Waals surface area contributed by atoms with Crippen molar-refractivity contribution in [2.75, 3.05) is 26.1 Å². The van der Waals surface area contributed by atoms with Gasteiger partial charge in [-0.2, -0.15) is 8.42 Å². The van der Waals surface area contributed by atoms with Gasteiger partial charge in [0.1, 0.15) is 11.6 Å². The number of aryl methyl sites for hydroxylation is 1. The summed E-state index contributed by atoms with van der Waals surface area (Å²) in [6.07, 6.45) is 2.45. The Morgan fingerprint density at radius 3 is 2.62 bits per heavy atom. The zero-order valence-electron chi connectivity index (χ0n) is 13.9. The van der Waals surface area contributed by atoms with Gasteiger partial charge in [0.25, 0.3) is 10.1 Å². The molecular formula is C16H23FO6S. The lowest BCUT2D eigenvalue weighted by Crippen LogP contribution is -2.07. The van der Waals surface area contributed by atoms with Gasteiger partial charge in [-0.05, 0) is 49.9 Å². The first-order chi connectivity index (χ1) is 11.3. The van der Waals surface area contributed by atoms with Crippen LogP contribution in [0.2, 0.25) is 0 Å². The first-order valence-corrected chi connectivity index (χ1v) is 9.54. The largest absolute Gasteiger partial charge is 0.494 e. The van der Waals surface area contributed by atoms with Gasteiger partial charge in [0, 0.05) is 6.42 Å². The summed E-state index contributed by atoms with van der Waals surface area (Å²) < 4.78 is 50.4. The quantitative estimate of drug-likeness (QED) is 0.342. The van der Waals surface area contributed by atoms with Crippen LogP contribution in [0.15, 0.2) is 18.2 Å². The SMILES string of the molecule is CCOC(=O)CCCOc1ccc(F)c(CCCOS(C)(=O)=O)c1. The molecule has 0 atom stereocenters. The minimum atomic E-state index is -3.48. The lowest BCUT2D eigenvalue weighted by Gasteiger charge is -2.09. The van der Waals surface area contributed by atoms with Crippen molar-refractivity contribution in [3.05, 3.63) is 29.6 Å². The predicted molar refractivity (Wildman–Crippen MR) is 86.9 cm³/mol. The van der Waals surface area contributed by atoms with Crippen molar-refractivity contribution in [1.29, 1.82) is 0 Å². The minimum absolute atomic E-state index is 0.00288. The van der Waals surface area contributed by atoms with E-state index in [2.05, 4.69) is 4.18 Å². The summed E-state index contributed by atoms with van der Waals surface area (Å²) in [5, 5.41) is 0. The van der Waals surface area contributed by atoms with Crippen LogP contribution in [0.3, 0.4) is 0 Å². The monoisotopic (exact) mass is 362 g/mol. The molecule has 1 aromatic rings. The molecule has 0 aliphatic heterocycles. The Kier molecular flexibility index (Phi) is 8.70. The van der Waals surface area contributed by atoms with Crippen molar-refractivity contribution in [3.8, 4) is 5.75 Å². The van der Waals surface area contributed by atoms with E-state index in [1.54, 1.807) is 13.0 Å². The van der Waals surface area contributed by atoms with E-state index in [4.69, 9.17) is 9.47 Å². The Morgan fingerprint density at radius 1 is 1.21 bits per heavy atom. The van der Waals surface area contributed by atoms with Crippen molar-refractivity contribution < 1.29 is 31.3 Å². The van der Waals surface area contributed by atoms with Gasteiger partial charge in [0.15, 0.2) is 0 Å². The number of ether oxygens (including phenoxy) is 2. The van der Waals surface area contributed by atoms with Crippen LogP contribution < -0.4 is 4.74 Å². The molecule has 0 aromatic heterocycles. The topological polar surface area (TPSA) is 78.9 Å². The van der Waals surface area contributed by atoms with E-state index < -0.39 is 10.1 Å². The lowest BCUT2D eigenvalue weighted by molar-refractivity contribution is -0.143. The fourth-order valence-electron chi connectivity index (χ4n) is 1.95. The molecule has 0 radical (unpaired) electrons. The van der Waals surface area contributed by atoms with Crippen molar-refractivity contribution in [2.24, 2.45) is 0 Å². The van der Waals surface area contributed by atoms with E-state index in [-0.39, 0.29) is 24.8 Å². The van der Waals surface area contributed by atoms with Crippen molar-refractivity contribution in [1.82, 2.24) is 0 Å². The summed E-state index contributed by atoms with van der Waals surface area (Å²) in [6, 6.07) is 4.38. The standard InChI is InChI=1S/C16H23FO6S/c1-3-21-16(18)7-5-10-22-14-8-9-15(17)13(12-14)6-4-11-23-24(2,19)20/h8-9,12H,3-7,10-11H2,1-2H3. The predicted octanol–water partition coefficient (Wildman–Crippen LogP) is 2.46. The second kappa shape index (κ2) is 10.2. The Hall–Kier alpha value is -1.67. The summed E-state index contributed by atoms with van der Waals surface area (Å²) in [6.45, 7) is 2.42. The van der Waals surface area contributed by atoms with Crippen molar-refractivity contribution in [2.45, 2.75) is 32.6 Å². The second-order valence-electron chi connectivity index (χ2n) is 5.14. The number of carbonyl (C=O) groups excluding carboxylic acids is 1. The van der Waals surface area contributed by atoms with E-state index in [0.29, 0.717) is 43.8 Å². The van der Waals surface area contributed by atoms with Gasteiger partial charge in [-0.3, -0.25) is 8.98 Å². The van der Waals surface area contributed by atoms with Crippen LogP contribution in [0.4, 0.5) is 4.39 Å². The molecule has 0 unspecified atom stereocenters. The Bertz CT molecular complexity index is 629. The molecule has 0 saturated heterocycles. The molecule has 0 saturated carbocycles. The summed E-state index contributed by atoms with van der Waals surface area (Å²) in [5.74, 6) is -0.153. The van der Waals surface area contributed by atoms with E-state index in [0.717, 1.165) is 6.26 Å². The average Bonchev–Trinajstić information content (AvgIpc) is 2.50. The molecule has 0 spiro atoms. The zero-order valence-corrected chi connectivity index (χ0v) is 14.7. The molecule has 0 aliphatic rings. The number of halogens is 1. The lowest BCUT2D eigenvalue weighted by atomic mass is 10.1. The fraction of sp³-hybridized carbons (Fsp3) is 0.562. The third kappa shape index (κ3) is 8.83. The second-order valence-corrected chi connectivity index (χ2v) is 6.78. The van der Waals surface area contributed by atoms with Gasteiger partial charge in [0.05, 0.1) is 26.1 Å². The number of hydrogen-bond acceptors (Lipinski definition) is 6. The number of rotatable bonds is 11. The normalized spacial score (nSPS) is 11.3. The molecule has 0 N–H and O–H groups in total. The highest BCUT2D eigenvalue weighted by Crippen LogP contribution is 2.19. The smallest absolute Gasteiger partial charge is 0.305 e. The highest BCUT2D eigenvalue weighted by atomic mass is 32.2. The first-order valence-electron chi connectivity index (χ1n) is 7.73. The number of benzene rings is 1. The molecule has 6 nitrogen and oxygen atoms in total. The van der Waals surface area contributed by atoms with Crippen molar-refractivity contribution in [3.63, 3.8) is 0 Å². The summed E-state index contributed by atoms with van der Waals surface area (Å²) in [4.78, 5) is 11.2. The highest BCUT2D eigenvalue weighted by molar-refractivity contribution is 7.85. The molecule has 1 aromatic carbocycles. The van der Waals surface area contributed by atoms with Crippen LogP contribution >= 0.6 is 0 Å². The van der Waals surface area contributed by atoms with E-state index >= 15 is 0 Å². The maximum Gasteiger partial charge on any atom is 0.305 e. The van der Waals surface area contributed by atoms with Gasteiger partial charge in [-0.25, -0.2) is 4.39 Å². The van der Waals surface area contributed by atoms with Crippen molar-refractivity contribution >= 4 is 16.1 Å². The van der Waals surface area contributed by atoms with Crippen LogP contribution in [-0.2, 0) is 30.3 Å². The minimum Gasteiger partial charge on any atom is -0.494 e. The molecule has 0 heterocycles. The molecular weight excluding hydrogens is 339 g/mol. The Morgan fingerprint density at radius 2 is 1.96 bits per heavy atom. The van der Waals surface area contributed by atoms with E-state index in [1.165, 1.54) is 12.1 Å². The van der Waals surface area contributed by atoms with Crippen LogP contribution in [0.25, 0.3) is 0 Å². The summed E-state index contributed by atoms with van der Waals surface area (Å²) in [7, 11) is -3.48. The van der Waals surface area contributed by atoms with Crippen LogP contribution in [0.1, 0.15) is 31.7 Å². The third-order valence-electron chi connectivity index (χ3n) is 3.00. The number of carbonyl (C=O) groups is 1. The summed E-state index contributed by atoms with van der Waals surface area (Å²) >= 11 is 0. The Balaban J connectivity index is 2.40. The molecule has 0 aliphatic carbocycles. The molecule has 0 bridgehead atoms. The molecule has 1 rings (SSSR count). The maximum atomic E-state index is 13.7. The Labute approximate surface area is 142 Å². The zero-order chi connectivity index (χ0) is 18.0. The molecule has 0 amide bonds. The maximum absolute atomic E-state index is 13.7. The van der Waals surface area contributed by atoms with Gasteiger partial charge in [-0.1, -0.05) is 0 Å². The van der Waals surface area contributed by atoms with E-state index in [1.807, 2.05) is 0 Å². The van der Waals surface area contributed by atoms with Crippen LogP contribution in [-0.4, -0.2) is 40.5 Å². The van der Waals surface area contributed by atoms with Gasteiger partial charge >= 0.3 is 5.97 Å². The number of hydrogen-bond donors (Lipinski definition) is 0. The fourth-order valence-corrected chi connectivity index (χ4v) is 2.37. The first kappa shape index (κ1) is 20.4. The average molecular weight is 362 g/mol. The molecule has 0 fully saturated rings. The van der Waals surface area contributed by atoms with Gasteiger partial charge < -0.3 is 9.47 Å². The van der Waals surface area contributed by atoms with Gasteiger partial charge in [-0.15, -0.1) is 0 Å². The molecule has 8 heteroatoms. The molecule has 24 heavy (non-hydrogen) atoms. The van der Waals surface area contributed by atoms with Gasteiger partial charge in [0.2, 0.25) is 0 Å².